The molecule has 0 aliphatic carbocycles. The van der Waals surface area contributed by atoms with Crippen molar-refractivity contribution < 1.29 is 4.42 Å². The zero-order valence-corrected chi connectivity index (χ0v) is 14.2. The van der Waals surface area contributed by atoms with Crippen molar-refractivity contribution in [2.24, 2.45) is 0 Å². The summed E-state index contributed by atoms with van der Waals surface area (Å²) in [6, 6.07) is 8.17. The molecule has 0 bridgehead atoms. The molecule has 6 nitrogen and oxygen atoms in total. The number of aromatic amines is 1. The number of benzene rings is 1. The molecule has 1 aliphatic heterocycles. The van der Waals surface area contributed by atoms with Gasteiger partial charge in [-0.1, -0.05) is 26.0 Å². The van der Waals surface area contributed by atoms with Crippen LogP contribution in [0.1, 0.15) is 56.1 Å². The summed E-state index contributed by atoms with van der Waals surface area (Å²) in [6.45, 7) is 7.07. The van der Waals surface area contributed by atoms with Gasteiger partial charge in [0.1, 0.15) is 5.82 Å². The average Bonchev–Trinajstić information content (AvgIpc) is 3.22. The van der Waals surface area contributed by atoms with Gasteiger partial charge in [0.05, 0.1) is 17.6 Å². The minimum Gasteiger partial charge on any atom is -0.425 e. The van der Waals surface area contributed by atoms with Gasteiger partial charge in [-0.3, -0.25) is 4.90 Å². The molecule has 1 aliphatic rings. The van der Waals surface area contributed by atoms with E-state index in [1.165, 1.54) is 0 Å². The molecule has 1 saturated heterocycles. The maximum atomic E-state index is 5.82. The Hall–Kier alpha value is -2.21. The highest BCUT2D eigenvalue weighted by molar-refractivity contribution is 5.74. The van der Waals surface area contributed by atoms with Crippen molar-refractivity contribution in [3.05, 3.63) is 41.9 Å². The second kappa shape index (κ2) is 6.36. The maximum absolute atomic E-state index is 5.82. The largest absolute Gasteiger partial charge is 0.425 e. The van der Waals surface area contributed by atoms with E-state index in [1.807, 2.05) is 18.2 Å². The second-order valence-electron chi connectivity index (χ2n) is 6.88. The molecule has 0 atom stereocenters. The van der Waals surface area contributed by atoms with Gasteiger partial charge in [0, 0.05) is 11.8 Å². The Labute approximate surface area is 141 Å². The minimum atomic E-state index is 0.291. The molecule has 0 saturated carbocycles. The number of hydrogen-bond donors (Lipinski definition) is 1. The van der Waals surface area contributed by atoms with E-state index in [0.29, 0.717) is 11.8 Å². The first-order valence-electron chi connectivity index (χ1n) is 8.68. The fourth-order valence-electron chi connectivity index (χ4n) is 3.28. The lowest BCUT2D eigenvalue weighted by molar-refractivity contribution is 0.188. The molecule has 0 spiro atoms. The third kappa shape index (κ3) is 3.06. The molecule has 1 fully saturated rings. The van der Waals surface area contributed by atoms with Crippen LogP contribution in [0.4, 0.5) is 0 Å². The highest BCUT2D eigenvalue weighted by Gasteiger charge is 2.25. The van der Waals surface area contributed by atoms with Crippen LogP contribution in [0, 0.1) is 0 Å². The predicted molar refractivity (Wildman–Crippen MR) is 91.7 cm³/mol. The molecule has 4 rings (SSSR count). The number of fused-ring (bicyclic) bond motifs is 1. The number of nitrogens with zero attached hydrogens (tertiary/aromatic N) is 4. The van der Waals surface area contributed by atoms with Crippen LogP contribution < -0.4 is 0 Å². The monoisotopic (exact) mass is 325 g/mol. The van der Waals surface area contributed by atoms with Crippen LogP contribution in [0.3, 0.4) is 0 Å². The third-order valence-corrected chi connectivity index (χ3v) is 4.70. The zero-order chi connectivity index (χ0) is 16.5. The topological polar surface area (TPSA) is 70.8 Å². The van der Waals surface area contributed by atoms with E-state index in [2.05, 4.69) is 45.0 Å². The van der Waals surface area contributed by atoms with Gasteiger partial charge in [-0.25, -0.2) is 4.98 Å². The molecule has 3 aromatic rings. The van der Waals surface area contributed by atoms with Crippen molar-refractivity contribution in [2.75, 3.05) is 13.1 Å². The van der Waals surface area contributed by atoms with E-state index in [1.54, 1.807) is 0 Å². The van der Waals surface area contributed by atoms with E-state index >= 15 is 0 Å². The average molecular weight is 325 g/mol. The van der Waals surface area contributed by atoms with Crippen LogP contribution in [0.25, 0.3) is 11.0 Å². The number of hydrogen-bond acceptors (Lipinski definition) is 5. The molecule has 2 aromatic heterocycles. The molecule has 3 heterocycles. The zero-order valence-electron chi connectivity index (χ0n) is 14.2. The van der Waals surface area contributed by atoms with Crippen LogP contribution in [0.15, 0.2) is 28.7 Å². The highest BCUT2D eigenvalue weighted by atomic mass is 16.4. The van der Waals surface area contributed by atoms with Crippen LogP contribution in [-0.2, 0) is 6.54 Å². The summed E-state index contributed by atoms with van der Waals surface area (Å²) in [5, 5.41) is 8.40. The molecule has 0 radical (unpaired) electrons. The van der Waals surface area contributed by atoms with Crippen LogP contribution >= 0.6 is 0 Å². The van der Waals surface area contributed by atoms with Gasteiger partial charge in [-0.05, 0) is 38.1 Å². The molecule has 0 unspecified atom stereocenters. The summed E-state index contributed by atoms with van der Waals surface area (Å²) in [4.78, 5) is 10.5. The van der Waals surface area contributed by atoms with Gasteiger partial charge >= 0.3 is 0 Å². The minimum absolute atomic E-state index is 0.291. The van der Waals surface area contributed by atoms with E-state index in [-0.39, 0.29) is 0 Å². The van der Waals surface area contributed by atoms with Gasteiger partial charge in [0.25, 0.3) is 0 Å². The Balaban J connectivity index is 1.37. The van der Waals surface area contributed by atoms with Crippen molar-refractivity contribution in [3.8, 4) is 0 Å². The van der Waals surface area contributed by atoms with Crippen molar-refractivity contribution in [1.29, 1.82) is 0 Å². The number of likely N-dealkylation sites (tertiary alicyclic amines) is 1. The molecule has 6 heteroatoms. The summed E-state index contributed by atoms with van der Waals surface area (Å²) in [5.41, 5.74) is 2.14. The first-order valence-corrected chi connectivity index (χ1v) is 8.68. The predicted octanol–water partition coefficient (Wildman–Crippen LogP) is 3.45. The molecule has 1 N–H and O–H groups in total. The van der Waals surface area contributed by atoms with Gasteiger partial charge in [-0.2, -0.15) is 0 Å². The highest BCUT2D eigenvalue weighted by Crippen LogP contribution is 2.28. The van der Waals surface area contributed by atoms with E-state index in [4.69, 9.17) is 4.42 Å². The molecule has 0 amide bonds. The lowest BCUT2D eigenvalue weighted by Gasteiger charge is -2.29. The fraction of sp³-hybridized carbons (Fsp3) is 0.500. The fourth-order valence-corrected chi connectivity index (χ4v) is 3.28. The van der Waals surface area contributed by atoms with Crippen molar-refractivity contribution in [3.63, 3.8) is 0 Å². The normalized spacial score (nSPS) is 17.1. The second-order valence-corrected chi connectivity index (χ2v) is 6.88. The van der Waals surface area contributed by atoms with E-state index < -0.39 is 0 Å². The summed E-state index contributed by atoms with van der Waals surface area (Å²) in [5.74, 6) is 3.27. The first-order chi connectivity index (χ1) is 11.7. The van der Waals surface area contributed by atoms with Crippen LogP contribution in [0.2, 0.25) is 0 Å². The van der Waals surface area contributed by atoms with Gasteiger partial charge < -0.3 is 9.40 Å². The molecular formula is C18H23N5O. The Bertz CT molecular complexity index is 781. The Morgan fingerprint density at radius 1 is 1.21 bits per heavy atom. The number of H-pyrrole nitrogens is 1. The quantitative estimate of drug-likeness (QED) is 0.795. The van der Waals surface area contributed by atoms with Gasteiger partial charge in [0.2, 0.25) is 11.8 Å². The number of imidazole rings is 1. The van der Waals surface area contributed by atoms with Crippen molar-refractivity contribution in [2.45, 2.75) is 45.1 Å². The first kappa shape index (κ1) is 15.3. The summed E-state index contributed by atoms with van der Waals surface area (Å²) >= 11 is 0. The smallest absolute Gasteiger partial charge is 0.219 e. The lowest BCUT2D eigenvalue weighted by atomic mass is 9.97. The standard InChI is InChI=1S/C18H23N5O/c1-12(2)17-21-22-18(24-17)13-7-9-23(10-8-13)11-16-19-14-5-3-4-6-15(14)20-16/h3-6,12-13H,7-11H2,1-2H3,(H,19,20). The van der Waals surface area contributed by atoms with E-state index in [9.17, 15) is 0 Å². The number of rotatable bonds is 4. The number of para-hydroxylation sites is 2. The third-order valence-electron chi connectivity index (χ3n) is 4.70. The van der Waals surface area contributed by atoms with Gasteiger partial charge in [-0.15, -0.1) is 10.2 Å². The van der Waals surface area contributed by atoms with Crippen molar-refractivity contribution in [1.82, 2.24) is 25.1 Å². The van der Waals surface area contributed by atoms with E-state index in [0.717, 1.165) is 61.1 Å². The Morgan fingerprint density at radius 3 is 2.71 bits per heavy atom. The molecule has 24 heavy (non-hydrogen) atoms. The van der Waals surface area contributed by atoms with Crippen LogP contribution in [0.5, 0.6) is 0 Å². The number of nitrogens with one attached hydrogen (secondary N) is 1. The SMILES string of the molecule is CC(C)c1nnc(C2CCN(Cc3nc4ccccc4[nH]3)CC2)o1. The molecular weight excluding hydrogens is 302 g/mol. The molecule has 126 valence electrons. The van der Waals surface area contributed by atoms with Crippen LogP contribution in [-0.4, -0.2) is 38.2 Å². The summed E-state index contributed by atoms with van der Waals surface area (Å²) < 4.78 is 5.82. The lowest BCUT2D eigenvalue weighted by Crippen LogP contribution is -2.32. The number of piperidine rings is 1. The number of aromatic nitrogens is 4. The Morgan fingerprint density at radius 2 is 2.00 bits per heavy atom. The van der Waals surface area contributed by atoms with Crippen molar-refractivity contribution >= 4 is 11.0 Å². The molecule has 1 aromatic carbocycles. The summed E-state index contributed by atoms with van der Waals surface area (Å²) in [7, 11) is 0. The summed E-state index contributed by atoms with van der Waals surface area (Å²) in [6.07, 6.45) is 2.11. The van der Waals surface area contributed by atoms with Gasteiger partial charge in [0.15, 0.2) is 0 Å². The maximum Gasteiger partial charge on any atom is 0.219 e. The Kier molecular flexibility index (Phi) is 4.06.